The highest BCUT2D eigenvalue weighted by atomic mass is 35.5. The topological polar surface area (TPSA) is 66.5 Å². The number of fused-ring (bicyclic) bond motifs is 2. The molecular formula is C31H20Cl2N2O3S. The molecule has 2 amide bonds. The second kappa shape index (κ2) is 10.3. The van der Waals surface area contributed by atoms with Gasteiger partial charge in [0.1, 0.15) is 11.0 Å². The summed E-state index contributed by atoms with van der Waals surface area (Å²) in [5.41, 5.74) is 1.87. The molecule has 6 rings (SSSR count). The Morgan fingerprint density at radius 2 is 1.44 bits per heavy atom. The van der Waals surface area contributed by atoms with Gasteiger partial charge in [0.05, 0.1) is 0 Å². The van der Waals surface area contributed by atoms with Crippen LogP contribution in [0.15, 0.2) is 108 Å². The number of carbonyl (C=O) groups excluding carboxylic acids is 2. The number of nitrogens with zero attached hydrogens (tertiary/aromatic N) is 1. The number of nitrogens with one attached hydrogen (secondary N) is 1. The molecule has 1 aliphatic rings. The third-order valence-electron chi connectivity index (χ3n) is 6.77. The minimum atomic E-state index is -1.07. The van der Waals surface area contributed by atoms with Crippen molar-refractivity contribution in [1.29, 1.82) is 0 Å². The molecule has 0 saturated carbocycles. The summed E-state index contributed by atoms with van der Waals surface area (Å²) in [6.07, 6.45) is 0. The average molecular weight is 571 g/mol. The number of carbonyl (C=O) groups is 2. The fourth-order valence-electron chi connectivity index (χ4n) is 4.97. The number of hydrogen-bond donors (Lipinski definition) is 1. The van der Waals surface area contributed by atoms with Crippen molar-refractivity contribution < 1.29 is 9.59 Å². The van der Waals surface area contributed by atoms with E-state index < -0.39 is 17.9 Å². The molecule has 0 fully saturated rings. The Hall–Kier alpha value is -3.97. The normalized spacial score (nSPS) is 16.7. The van der Waals surface area contributed by atoms with Gasteiger partial charge < -0.3 is 5.32 Å². The van der Waals surface area contributed by atoms with Crippen molar-refractivity contribution in [2.24, 2.45) is 0 Å². The van der Waals surface area contributed by atoms with Gasteiger partial charge in [-0.2, -0.15) is 0 Å². The summed E-state index contributed by atoms with van der Waals surface area (Å²) in [5.74, 6) is -1.52. The highest BCUT2D eigenvalue weighted by molar-refractivity contribution is 7.22. The predicted molar refractivity (Wildman–Crippen MR) is 158 cm³/mol. The summed E-state index contributed by atoms with van der Waals surface area (Å²) < 4.78 is 0.707. The molecule has 2 atom stereocenters. The van der Waals surface area contributed by atoms with E-state index in [9.17, 15) is 14.4 Å². The molecule has 0 saturated heterocycles. The number of rotatable bonds is 4. The molecule has 0 bridgehead atoms. The van der Waals surface area contributed by atoms with E-state index >= 15 is 0 Å². The summed E-state index contributed by atoms with van der Waals surface area (Å²) in [4.78, 5) is 43.5. The second-order valence-electron chi connectivity index (χ2n) is 9.15. The number of para-hydroxylation sites is 1. The SMILES string of the molecule is O=C(N[C@H]1C(=O)N(c2ccccc2)c2sc3ccc(Cl)cc3c(=O)c2[C@H]1c1ccc(Cl)cc1)c1ccccc1. The van der Waals surface area contributed by atoms with Gasteiger partial charge in [-0.25, -0.2) is 0 Å². The van der Waals surface area contributed by atoms with Gasteiger partial charge in [-0.15, -0.1) is 11.3 Å². The zero-order valence-electron chi connectivity index (χ0n) is 20.3. The third kappa shape index (κ3) is 4.61. The third-order valence-corrected chi connectivity index (χ3v) is 8.43. The first-order valence-electron chi connectivity index (χ1n) is 12.2. The predicted octanol–water partition coefficient (Wildman–Crippen LogP) is 7.18. The smallest absolute Gasteiger partial charge is 0.255 e. The molecule has 5 aromatic rings. The van der Waals surface area contributed by atoms with Gasteiger partial charge in [-0.3, -0.25) is 19.3 Å². The van der Waals surface area contributed by atoms with Gasteiger partial charge in [-0.1, -0.05) is 71.7 Å². The Kier molecular flexibility index (Phi) is 6.69. The number of amides is 2. The first-order valence-corrected chi connectivity index (χ1v) is 13.8. The first kappa shape index (κ1) is 25.3. The Morgan fingerprint density at radius 1 is 0.795 bits per heavy atom. The Morgan fingerprint density at radius 3 is 2.13 bits per heavy atom. The fourth-order valence-corrected chi connectivity index (χ4v) is 6.49. The minimum absolute atomic E-state index is 0.242. The van der Waals surface area contributed by atoms with Gasteiger partial charge in [-0.05, 0) is 60.2 Å². The van der Waals surface area contributed by atoms with E-state index in [-0.39, 0.29) is 11.3 Å². The van der Waals surface area contributed by atoms with Crippen molar-refractivity contribution in [3.05, 3.63) is 140 Å². The van der Waals surface area contributed by atoms with Gasteiger partial charge in [0.25, 0.3) is 11.8 Å². The Balaban J connectivity index is 1.63. The van der Waals surface area contributed by atoms with Crippen LogP contribution in [0.5, 0.6) is 0 Å². The molecule has 4 aromatic carbocycles. The summed E-state index contributed by atoms with van der Waals surface area (Å²) in [6, 6.07) is 28.9. The van der Waals surface area contributed by atoms with Crippen LogP contribution in [0.2, 0.25) is 10.0 Å². The lowest BCUT2D eigenvalue weighted by atomic mass is 9.81. The number of benzene rings is 4. The van der Waals surface area contributed by atoms with E-state index in [0.29, 0.717) is 47.5 Å². The van der Waals surface area contributed by atoms with E-state index in [0.717, 1.165) is 0 Å². The maximum Gasteiger partial charge on any atom is 0.255 e. The van der Waals surface area contributed by atoms with Crippen molar-refractivity contribution in [3.63, 3.8) is 0 Å². The lowest BCUT2D eigenvalue weighted by molar-refractivity contribution is -0.120. The highest BCUT2D eigenvalue weighted by Crippen LogP contribution is 2.46. The lowest BCUT2D eigenvalue weighted by Crippen LogP contribution is -2.54. The fraction of sp³-hybridized carbons (Fsp3) is 0.0645. The Bertz CT molecular complexity index is 1770. The quantitative estimate of drug-likeness (QED) is 0.249. The molecule has 1 aliphatic heterocycles. The van der Waals surface area contributed by atoms with Crippen LogP contribution in [-0.4, -0.2) is 17.9 Å². The molecule has 39 heavy (non-hydrogen) atoms. The molecule has 0 aliphatic carbocycles. The zero-order valence-corrected chi connectivity index (χ0v) is 22.6. The van der Waals surface area contributed by atoms with Crippen molar-refractivity contribution in [1.82, 2.24) is 5.32 Å². The van der Waals surface area contributed by atoms with Crippen LogP contribution in [0.3, 0.4) is 0 Å². The number of hydrogen-bond acceptors (Lipinski definition) is 4. The average Bonchev–Trinajstić information content (AvgIpc) is 2.96. The van der Waals surface area contributed by atoms with Crippen molar-refractivity contribution in [3.8, 4) is 0 Å². The van der Waals surface area contributed by atoms with Crippen LogP contribution in [-0.2, 0) is 4.79 Å². The molecule has 192 valence electrons. The molecule has 0 unspecified atom stereocenters. The molecule has 2 heterocycles. The molecule has 5 nitrogen and oxygen atoms in total. The summed E-state index contributed by atoms with van der Waals surface area (Å²) in [5, 5.41) is 4.88. The number of halogens is 2. The molecule has 0 radical (unpaired) electrons. The molecule has 1 aromatic heterocycles. The largest absolute Gasteiger partial charge is 0.339 e. The van der Waals surface area contributed by atoms with Crippen LogP contribution in [0.4, 0.5) is 10.7 Å². The maximum absolute atomic E-state index is 14.4. The standard InChI is InChI=1S/C31H20Cl2N2O3S/c32-20-13-11-18(12-14-20)25-26-28(36)23-17-21(33)15-16-24(23)39-31(26)35(22-9-5-2-6-10-22)30(38)27(25)34-29(37)19-7-3-1-4-8-19/h1-17,25,27H,(H,34,37)/t25-,27-/m1/s1. The summed E-state index contributed by atoms with van der Waals surface area (Å²) in [6.45, 7) is 0. The Labute approximate surface area is 238 Å². The molecule has 1 N–H and O–H groups in total. The van der Waals surface area contributed by atoms with Crippen LogP contribution in [0.25, 0.3) is 10.1 Å². The summed E-state index contributed by atoms with van der Waals surface area (Å²) in [7, 11) is 0. The van der Waals surface area contributed by atoms with E-state index in [4.69, 9.17) is 23.2 Å². The van der Waals surface area contributed by atoms with Gasteiger partial charge >= 0.3 is 0 Å². The number of anilines is 2. The van der Waals surface area contributed by atoms with E-state index in [1.54, 1.807) is 66.7 Å². The van der Waals surface area contributed by atoms with Gasteiger partial charge in [0, 0.05) is 42.9 Å². The van der Waals surface area contributed by atoms with E-state index in [1.165, 1.54) is 16.2 Å². The highest BCUT2D eigenvalue weighted by Gasteiger charge is 2.45. The van der Waals surface area contributed by atoms with Crippen molar-refractivity contribution >= 4 is 67.1 Å². The van der Waals surface area contributed by atoms with Crippen LogP contribution in [0, 0.1) is 0 Å². The van der Waals surface area contributed by atoms with Crippen LogP contribution >= 0.6 is 34.5 Å². The monoisotopic (exact) mass is 570 g/mol. The second-order valence-corrected chi connectivity index (χ2v) is 11.0. The molecular weight excluding hydrogens is 551 g/mol. The maximum atomic E-state index is 14.4. The van der Waals surface area contributed by atoms with Crippen molar-refractivity contribution in [2.75, 3.05) is 4.90 Å². The zero-order chi connectivity index (χ0) is 27.1. The lowest BCUT2D eigenvalue weighted by Gasteiger charge is -2.39. The van der Waals surface area contributed by atoms with E-state index in [1.807, 2.05) is 36.4 Å². The minimum Gasteiger partial charge on any atom is -0.339 e. The van der Waals surface area contributed by atoms with Gasteiger partial charge in [0.15, 0.2) is 5.43 Å². The van der Waals surface area contributed by atoms with E-state index in [2.05, 4.69) is 5.32 Å². The summed E-state index contributed by atoms with van der Waals surface area (Å²) >= 11 is 13.8. The van der Waals surface area contributed by atoms with Crippen LogP contribution < -0.4 is 15.6 Å². The first-order chi connectivity index (χ1) is 18.9. The van der Waals surface area contributed by atoms with Crippen LogP contribution in [0.1, 0.15) is 27.4 Å². The molecule has 8 heteroatoms. The van der Waals surface area contributed by atoms with Crippen molar-refractivity contribution in [2.45, 2.75) is 12.0 Å². The molecule has 0 spiro atoms. The van der Waals surface area contributed by atoms with Gasteiger partial charge in [0.2, 0.25) is 0 Å².